The number of hydrogen-bond acceptors (Lipinski definition) is 3. The number of aromatic nitrogens is 1. The summed E-state index contributed by atoms with van der Waals surface area (Å²) in [7, 11) is 0. The van der Waals surface area contributed by atoms with E-state index in [1.807, 2.05) is 54.7 Å². The first-order chi connectivity index (χ1) is 14.6. The molecule has 5 rings (SSSR count). The summed E-state index contributed by atoms with van der Waals surface area (Å²) < 4.78 is 0. The van der Waals surface area contributed by atoms with Gasteiger partial charge in [0.1, 0.15) is 12.1 Å². The number of nitrogens with zero attached hydrogens (tertiary/aromatic N) is 1. The SMILES string of the molecule is O=C1N[C@@H](Cc2c[nH]c3ccccc23)C(=O)N2C[C@@H](NCc3cccc(Cl)c3)C[C@@H]12. The molecule has 2 aromatic carbocycles. The molecular formula is C23H23ClN4O2. The van der Waals surface area contributed by atoms with Gasteiger partial charge in [-0.05, 0) is 35.7 Å². The molecule has 154 valence electrons. The van der Waals surface area contributed by atoms with Crippen LogP contribution in [0.4, 0.5) is 0 Å². The average Bonchev–Trinajstić information content (AvgIpc) is 3.36. The number of benzene rings is 2. The maximum atomic E-state index is 13.1. The van der Waals surface area contributed by atoms with Crippen LogP contribution in [0.1, 0.15) is 17.5 Å². The number of hydrogen-bond donors (Lipinski definition) is 3. The van der Waals surface area contributed by atoms with Crippen molar-refractivity contribution >= 4 is 34.3 Å². The standard InChI is InChI=1S/C23H23ClN4O2/c24-16-5-3-4-14(8-16)11-25-17-10-21-22(29)27-20(23(30)28(21)13-17)9-15-12-26-19-7-2-1-6-18(15)19/h1-8,12,17,20-21,25-26H,9-11,13H2,(H,27,29)/t17-,20-,21-/m0/s1. The van der Waals surface area contributed by atoms with Gasteiger partial charge in [0.2, 0.25) is 11.8 Å². The van der Waals surface area contributed by atoms with E-state index in [-0.39, 0.29) is 17.9 Å². The van der Waals surface area contributed by atoms with E-state index in [0.29, 0.717) is 31.0 Å². The summed E-state index contributed by atoms with van der Waals surface area (Å²) in [5.41, 5.74) is 3.16. The Hall–Kier alpha value is -2.83. The molecule has 0 aliphatic carbocycles. The second-order valence-electron chi connectivity index (χ2n) is 8.07. The Morgan fingerprint density at radius 1 is 1.13 bits per heavy atom. The van der Waals surface area contributed by atoms with Crippen molar-refractivity contribution in [3.8, 4) is 0 Å². The number of fused-ring (bicyclic) bond motifs is 2. The molecule has 0 spiro atoms. The lowest BCUT2D eigenvalue weighted by molar-refractivity contribution is -0.146. The highest BCUT2D eigenvalue weighted by molar-refractivity contribution is 6.30. The van der Waals surface area contributed by atoms with E-state index in [2.05, 4.69) is 15.6 Å². The molecular weight excluding hydrogens is 400 g/mol. The molecule has 2 amide bonds. The van der Waals surface area contributed by atoms with Gasteiger partial charge in [0.15, 0.2) is 0 Å². The Morgan fingerprint density at radius 3 is 2.87 bits per heavy atom. The zero-order valence-corrected chi connectivity index (χ0v) is 17.2. The van der Waals surface area contributed by atoms with Crippen LogP contribution in [0.2, 0.25) is 5.02 Å². The number of nitrogens with one attached hydrogen (secondary N) is 3. The van der Waals surface area contributed by atoms with Crippen LogP contribution in [0.5, 0.6) is 0 Å². The Morgan fingerprint density at radius 2 is 2.00 bits per heavy atom. The number of aromatic amines is 1. The quantitative estimate of drug-likeness (QED) is 0.591. The average molecular weight is 423 g/mol. The number of rotatable bonds is 5. The zero-order valence-electron chi connectivity index (χ0n) is 16.4. The summed E-state index contributed by atoms with van der Waals surface area (Å²) in [4.78, 5) is 30.8. The molecule has 2 aliphatic rings. The van der Waals surface area contributed by atoms with E-state index < -0.39 is 12.1 Å². The summed E-state index contributed by atoms with van der Waals surface area (Å²) in [5, 5.41) is 8.21. The Kier molecular flexibility index (Phi) is 4.97. The van der Waals surface area contributed by atoms with Crippen molar-refractivity contribution in [2.45, 2.75) is 37.5 Å². The molecule has 1 aromatic heterocycles. The largest absolute Gasteiger partial charge is 0.361 e. The highest BCUT2D eigenvalue weighted by Crippen LogP contribution is 2.26. The highest BCUT2D eigenvalue weighted by Gasteiger charge is 2.46. The molecule has 2 saturated heterocycles. The number of amides is 2. The van der Waals surface area contributed by atoms with Gasteiger partial charge in [0, 0.05) is 47.7 Å². The third-order valence-electron chi connectivity index (χ3n) is 6.08. The normalized spacial score (nSPS) is 23.6. The van der Waals surface area contributed by atoms with E-state index in [1.54, 1.807) is 4.90 Å². The van der Waals surface area contributed by atoms with Gasteiger partial charge in [-0.2, -0.15) is 0 Å². The molecule has 2 aliphatic heterocycles. The molecule has 3 aromatic rings. The lowest BCUT2D eigenvalue weighted by Gasteiger charge is -2.34. The Bertz CT molecular complexity index is 1110. The molecule has 0 bridgehead atoms. The van der Waals surface area contributed by atoms with E-state index >= 15 is 0 Å². The minimum absolute atomic E-state index is 0.00284. The minimum Gasteiger partial charge on any atom is -0.361 e. The number of H-pyrrole nitrogens is 1. The van der Waals surface area contributed by atoms with Crippen molar-refractivity contribution in [1.82, 2.24) is 20.5 Å². The number of para-hydroxylation sites is 1. The first-order valence-corrected chi connectivity index (χ1v) is 10.6. The summed E-state index contributed by atoms with van der Waals surface area (Å²) in [6.45, 7) is 1.20. The molecule has 3 heterocycles. The molecule has 6 nitrogen and oxygen atoms in total. The summed E-state index contributed by atoms with van der Waals surface area (Å²) in [6.07, 6.45) is 3.03. The predicted octanol–water partition coefficient (Wildman–Crippen LogP) is 2.62. The third-order valence-corrected chi connectivity index (χ3v) is 6.32. The van der Waals surface area contributed by atoms with Crippen LogP contribution in [0.15, 0.2) is 54.7 Å². The lowest BCUT2D eigenvalue weighted by Crippen LogP contribution is -2.61. The summed E-state index contributed by atoms with van der Waals surface area (Å²) in [5.74, 6) is -0.0663. The van der Waals surface area contributed by atoms with E-state index in [9.17, 15) is 9.59 Å². The van der Waals surface area contributed by atoms with Crippen LogP contribution >= 0.6 is 11.6 Å². The van der Waals surface area contributed by atoms with Gasteiger partial charge >= 0.3 is 0 Å². The van der Waals surface area contributed by atoms with Crippen molar-refractivity contribution < 1.29 is 9.59 Å². The molecule has 7 heteroatoms. The zero-order chi connectivity index (χ0) is 20.7. The van der Waals surface area contributed by atoms with Crippen molar-refractivity contribution in [3.05, 3.63) is 70.9 Å². The monoisotopic (exact) mass is 422 g/mol. The lowest BCUT2D eigenvalue weighted by atomic mass is 10.0. The van der Waals surface area contributed by atoms with E-state index in [4.69, 9.17) is 11.6 Å². The minimum atomic E-state index is -0.528. The van der Waals surface area contributed by atoms with Gasteiger partial charge in [-0.25, -0.2) is 0 Å². The van der Waals surface area contributed by atoms with Gasteiger partial charge in [0.25, 0.3) is 0 Å². The maximum absolute atomic E-state index is 13.1. The van der Waals surface area contributed by atoms with Crippen molar-refractivity contribution in [2.75, 3.05) is 6.54 Å². The van der Waals surface area contributed by atoms with Crippen LogP contribution in [-0.4, -0.2) is 46.4 Å². The van der Waals surface area contributed by atoms with Crippen molar-refractivity contribution in [2.24, 2.45) is 0 Å². The van der Waals surface area contributed by atoms with Crippen LogP contribution in [-0.2, 0) is 22.6 Å². The molecule has 2 fully saturated rings. The van der Waals surface area contributed by atoms with Gasteiger partial charge in [-0.15, -0.1) is 0 Å². The number of piperazine rings is 1. The number of carbonyl (C=O) groups is 2. The molecule has 0 unspecified atom stereocenters. The van der Waals surface area contributed by atoms with Crippen LogP contribution in [0.25, 0.3) is 10.9 Å². The summed E-state index contributed by atoms with van der Waals surface area (Å²) in [6, 6.07) is 14.8. The highest BCUT2D eigenvalue weighted by atomic mass is 35.5. The molecule has 0 radical (unpaired) electrons. The molecule has 30 heavy (non-hydrogen) atoms. The first kappa shape index (κ1) is 19.2. The van der Waals surface area contributed by atoms with Gasteiger partial charge in [0.05, 0.1) is 0 Å². The van der Waals surface area contributed by atoms with Crippen molar-refractivity contribution in [1.29, 1.82) is 0 Å². The number of halogens is 1. The molecule has 3 N–H and O–H groups in total. The summed E-state index contributed by atoms with van der Waals surface area (Å²) >= 11 is 6.05. The topological polar surface area (TPSA) is 77.2 Å². The molecule has 3 atom stereocenters. The van der Waals surface area contributed by atoms with Gasteiger partial charge in [-0.3, -0.25) is 9.59 Å². The van der Waals surface area contributed by atoms with Crippen LogP contribution in [0, 0.1) is 0 Å². The predicted molar refractivity (Wildman–Crippen MR) is 116 cm³/mol. The fourth-order valence-electron chi connectivity index (χ4n) is 4.57. The number of carbonyl (C=O) groups excluding carboxylic acids is 2. The van der Waals surface area contributed by atoms with Gasteiger partial charge in [-0.1, -0.05) is 41.9 Å². The Labute approximate surface area is 179 Å². The first-order valence-electron chi connectivity index (χ1n) is 10.2. The van der Waals surface area contributed by atoms with Crippen LogP contribution in [0.3, 0.4) is 0 Å². The fraction of sp³-hybridized carbons (Fsp3) is 0.304. The van der Waals surface area contributed by atoms with E-state index in [1.165, 1.54) is 0 Å². The Balaban J connectivity index is 1.26. The smallest absolute Gasteiger partial charge is 0.246 e. The van der Waals surface area contributed by atoms with Crippen LogP contribution < -0.4 is 10.6 Å². The fourth-order valence-corrected chi connectivity index (χ4v) is 4.79. The maximum Gasteiger partial charge on any atom is 0.246 e. The second-order valence-corrected chi connectivity index (χ2v) is 8.51. The van der Waals surface area contributed by atoms with E-state index in [0.717, 1.165) is 22.0 Å². The third kappa shape index (κ3) is 3.57. The second kappa shape index (κ2) is 7.78. The molecule has 0 saturated carbocycles. The van der Waals surface area contributed by atoms with Crippen molar-refractivity contribution in [3.63, 3.8) is 0 Å². The van der Waals surface area contributed by atoms with Gasteiger partial charge < -0.3 is 20.5 Å².